The predicted molar refractivity (Wildman–Crippen MR) is 123 cm³/mol. The Morgan fingerprint density at radius 3 is 2.62 bits per heavy atom. The van der Waals surface area contributed by atoms with Crippen LogP contribution in [0.5, 0.6) is 0 Å². The number of anilines is 1. The maximum atomic E-state index is 12.6. The zero-order valence-electron chi connectivity index (χ0n) is 16.7. The fourth-order valence-electron chi connectivity index (χ4n) is 3.20. The van der Waals surface area contributed by atoms with Gasteiger partial charge in [-0.3, -0.25) is 14.3 Å². The normalized spacial score (nSPS) is 11.0. The first kappa shape index (κ1) is 19.8. The van der Waals surface area contributed by atoms with Gasteiger partial charge in [0, 0.05) is 22.6 Å². The summed E-state index contributed by atoms with van der Waals surface area (Å²) in [6.07, 6.45) is 0. The third-order valence-corrected chi connectivity index (χ3v) is 5.74. The monoisotopic (exact) mass is 443 g/mol. The van der Waals surface area contributed by atoms with Crippen LogP contribution >= 0.6 is 11.8 Å². The number of para-hydroxylation sites is 2. The van der Waals surface area contributed by atoms with Crippen molar-refractivity contribution >= 4 is 34.4 Å². The highest BCUT2D eigenvalue weighted by Crippen LogP contribution is 2.23. The van der Waals surface area contributed by atoms with Crippen LogP contribution in [0.3, 0.4) is 0 Å². The minimum absolute atomic E-state index is 0.229. The lowest BCUT2D eigenvalue weighted by Gasteiger charge is -2.07. The highest BCUT2D eigenvalue weighted by atomic mass is 32.2. The van der Waals surface area contributed by atoms with Crippen LogP contribution in [0.15, 0.2) is 87.3 Å². The number of hydrogen-bond donors (Lipinski definition) is 3. The third-order valence-electron chi connectivity index (χ3n) is 4.79. The van der Waals surface area contributed by atoms with Gasteiger partial charge in [-0.2, -0.15) is 0 Å². The van der Waals surface area contributed by atoms with Gasteiger partial charge in [0.05, 0.1) is 11.0 Å². The molecule has 158 valence electrons. The van der Waals surface area contributed by atoms with E-state index in [2.05, 4.69) is 29.9 Å². The number of thioether (sulfide) groups is 1. The second-order valence-corrected chi connectivity index (χ2v) is 7.99. The number of benzene rings is 3. The topological polar surface area (TPSA) is 117 Å². The Morgan fingerprint density at radius 1 is 1.00 bits per heavy atom. The van der Waals surface area contributed by atoms with Gasteiger partial charge in [0.1, 0.15) is 0 Å². The molecule has 0 saturated heterocycles. The van der Waals surface area contributed by atoms with Gasteiger partial charge < -0.3 is 10.3 Å². The van der Waals surface area contributed by atoms with E-state index < -0.39 is 5.76 Å². The van der Waals surface area contributed by atoms with Crippen molar-refractivity contribution in [2.75, 3.05) is 5.32 Å². The SMILES string of the molecule is O=C(Nc1cccc(-c2noc(=O)[nH]2)c1)c1ccc(CSc2nc3ccccc3[nH]2)cc1. The number of imidazole rings is 1. The van der Waals surface area contributed by atoms with Gasteiger partial charge in [0.2, 0.25) is 0 Å². The fourth-order valence-corrected chi connectivity index (χ4v) is 4.04. The molecular weight excluding hydrogens is 426 g/mol. The summed E-state index contributed by atoms with van der Waals surface area (Å²) in [4.78, 5) is 34.1. The van der Waals surface area contributed by atoms with Crippen LogP contribution in [0.1, 0.15) is 15.9 Å². The lowest BCUT2D eigenvalue weighted by atomic mass is 10.1. The van der Waals surface area contributed by atoms with E-state index >= 15 is 0 Å². The van der Waals surface area contributed by atoms with E-state index in [4.69, 9.17) is 0 Å². The van der Waals surface area contributed by atoms with Gasteiger partial charge in [0.25, 0.3) is 5.91 Å². The van der Waals surface area contributed by atoms with E-state index in [9.17, 15) is 9.59 Å². The number of H-pyrrole nitrogens is 2. The maximum Gasteiger partial charge on any atom is 0.439 e. The molecule has 3 N–H and O–H groups in total. The molecule has 0 saturated carbocycles. The Labute approximate surface area is 186 Å². The van der Waals surface area contributed by atoms with E-state index in [0.717, 1.165) is 27.5 Å². The van der Waals surface area contributed by atoms with Crippen LogP contribution in [0.4, 0.5) is 5.69 Å². The van der Waals surface area contributed by atoms with Gasteiger partial charge in [-0.05, 0) is 42.0 Å². The zero-order chi connectivity index (χ0) is 21.9. The number of carbonyl (C=O) groups is 1. The molecule has 0 atom stereocenters. The Hall–Kier alpha value is -4.11. The molecular formula is C23H17N5O3S. The predicted octanol–water partition coefficient (Wildman–Crippen LogP) is 4.45. The van der Waals surface area contributed by atoms with Crippen LogP contribution < -0.4 is 11.1 Å². The number of nitrogens with zero attached hydrogens (tertiary/aromatic N) is 2. The number of aromatic nitrogens is 4. The van der Waals surface area contributed by atoms with Crippen molar-refractivity contribution in [3.8, 4) is 11.4 Å². The summed E-state index contributed by atoms with van der Waals surface area (Å²) >= 11 is 1.61. The molecule has 8 nitrogen and oxygen atoms in total. The van der Waals surface area contributed by atoms with Crippen LogP contribution in [-0.4, -0.2) is 26.0 Å². The van der Waals surface area contributed by atoms with Crippen molar-refractivity contribution in [3.63, 3.8) is 0 Å². The third kappa shape index (κ3) is 4.33. The van der Waals surface area contributed by atoms with Crippen molar-refractivity contribution in [1.82, 2.24) is 20.1 Å². The molecule has 0 aliphatic rings. The van der Waals surface area contributed by atoms with Crippen molar-refractivity contribution in [2.45, 2.75) is 10.9 Å². The second-order valence-electron chi connectivity index (χ2n) is 7.02. The van der Waals surface area contributed by atoms with E-state index in [-0.39, 0.29) is 5.91 Å². The van der Waals surface area contributed by atoms with Crippen molar-refractivity contribution < 1.29 is 9.32 Å². The maximum absolute atomic E-state index is 12.6. The average molecular weight is 443 g/mol. The van der Waals surface area contributed by atoms with Gasteiger partial charge in [0.15, 0.2) is 11.0 Å². The Bertz CT molecular complexity index is 1420. The molecule has 9 heteroatoms. The van der Waals surface area contributed by atoms with Crippen molar-refractivity contribution in [2.24, 2.45) is 0 Å². The summed E-state index contributed by atoms with van der Waals surface area (Å²) in [6.45, 7) is 0. The minimum Gasteiger partial charge on any atom is -0.333 e. The number of aromatic amines is 2. The Balaban J connectivity index is 1.23. The fraction of sp³-hybridized carbons (Fsp3) is 0.0435. The van der Waals surface area contributed by atoms with Gasteiger partial charge in [-0.15, -0.1) is 0 Å². The summed E-state index contributed by atoms with van der Waals surface area (Å²) in [7, 11) is 0. The molecule has 32 heavy (non-hydrogen) atoms. The number of fused-ring (bicyclic) bond motifs is 1. The van der Waals surface area contributed by atoms with Gasteiger partial charge in [-0.1, -0.05) is 53.3 Å². The summed E-state index contributed by atoms with van der Waals surface area (Å²) in [6, 6.07) is 22.4. The molecule has 0 spiro atoms. The molecule has 3 aromatic carbocycles. The molecule has 0 radical (unpaired) electrons. The largest absolute Gasteiger partial charge is 0.439 e. The first-order valence-corrected chi connectivity index (χ1v) is 10.8. The van der Waals surface area contributed by atoms with Crippen molar-refractivity contribution in [1.29, 1.82) is 0 Å². The van der Waals surface area contributed by atoms with Crippen LogP contribution in [0, 0.1) is 0 Å². The van der Waals surface area contributed by atoms with Crippen molar-refractivity contribution in [3.05, 3.63) is 94.5 Å². The number of amides is 1. The van der Waals surface area contributed by atoms with E-state index in [1.54, 1.807) is 48.2 Å². The summed E-state index contributed by atoms with van der Waals surface area (Å²) in [5.74, 6) is 0.178. The average Bonchev–Trinajstić information content (AvgIpc) is 3.44. The number of hydrogen-bond acceptors (Lipinski definition) is 6. The number of nitrogens with one attached hydrogen (secondary N) is 3. The van der Waals surface area contributed by atoms with Crippen LogP contribution in [0.25, 0.3) is 22.4 Å². The quantitative estimate of drug-likeness (QED) is 0.334. The first-order valence-electron chi connectivity index (χ1n) is 9.78. The number of rotatable bonds is 6. The molecule has 0 aliphatic carbocycles. The Morgan fingerprint density at radius 2 is 1.84 bits per heavy atom. The lowest BCUT2D eigenvalue weighted by Crippen LogP contribution is -2.11. The summed E-state index contributed by atoms with van der Waals surface area (Å²) in [5.41, 5.74) is 4.81. The van der Waals surface area contributed by atoms with Gasteiger partial charge >= 0.3 is 5.76 Å². The Kier molecular flexibility index (Phi) is 5.30. The second kappa shape index (κ2) is 8.56. The zero-order valence-corrected chi connectivity index (χ0v) is 17.5. The molecule has 1 amide bonds. The molecule has 0 bridgehead atoms. The van der Waals surface area contributed by atoms with E-state index in [0.29, 0.717) is 22.6 Å². The molecule has 2 heterocycles. The van der Waals surface area contributed by atoms with Crippen LogP contribution in [-0.2, 0) is 5.75 Å². The molecule has 5 rings (SSSR count). The molecule has 0 unspecified atom stereocenters. The molecule has 2 aromatic heterocycles. The molecule has 5 aromatic rings. The first-order chi connectivity index (χ1) is 15.6. The lowest BCUT2D eigenvalue weighted by molar-refractivity contribution is 0.102. The highest BCUT2D eigenvalue weighted by molar-refractivity contribution is 7.98. The summed E-state index contributed by atoms with van der Waals surface area (Å²) in [5, 5.41) is 7.38. The van der Waals surface area contributed by atoms with Gasteiger partial charge in [-0.25, -0.2) is 9.78 Å². The smallest absolute Gasteiger partial charge is 0.333 e. The summed E-state index contributed by atoms with van der Waals surface area (Å²) < 4.78 is 4.53. The van der Waals surface area contributed by atoms with E-state index in [1.807, 2.05) is 36.4 Å². The molecule has 0 fully saturated rings. The molecule has 0 aliphatic heterocycles. The van der Waals surface area contributed by atoms with E-state index in [1.165, 1.54) is 0 Å². The number of carbonyl (C=O) groups excluding carboxylic acids is 1. The highest BCUT2D eigenvalue weighted by Gasteiger charge is 2.10. The van der Waals surface area contributed by atoms with Crippen LogP contribution in [0.2, 0.25) is 0 Å². The minimum atomic E-state index is -0.631. The standard InChI is InChI=1S/C23H17N5O3S/c29-21(24-17-5-3-4-16(12-17)20-27-23(30)31-28-20)15-10-8-14(9-11-15)13-32-22-25-18-6-1-2-7-19(18)26-22/h1-12H,13H2,(H,24,29)(H,25,26)(H,27,28,30).